The lowest BCUT2D eigenvalue weighted by Crippen LogP contribution is -2.45. The molecule has 0 radical (unpaired) electrons. The second-order valence-corrected chi connectivity index (χ2v) is 10.7. The maximum absolute atomic E-state index is 13.2. The summed E-state index contributed by atoms with van der Waals surface area (Å²) in [6.45, 7) is 3.03. The zero-order valence-electron chi connectivity index (χ0n) is 24.1. The van der Waals surface area contributed by atoms with Crippen molar-refractivity contribution in [3.63, 3.8) is 0 Å². The van der Waals surface area contributed by atoms with E-state index in [-0.39, 0.29) is 30.7 Å². The number of rotatable bonds is 12. The third kappa shape index (κ3) is 7.35. The van der Waals surface area contributed by atoms with E-state index in [1.807, 2.05) is 53.4 Å². The summed E-state index contributed by atoms with van der Waals surface area (Å²) in [5.41, 5.74) is 8.89. The summed E-state index contributed by atoms with van der Waals surface area (Å²) < 4.78 is 13.4. The molecule has 4 aromatic rings. The fourth-order valence-corrected chi connectivity index (χ4v) is 5.47. The number of carbonyl (C=O) groups excluding carboxylic acids is 2. The Morgan fingerprint density at radius 1 is 1.02 bits per heavy atom. The van der Waals surface area contributed by atoms with Crippen molar-refractivity contribution in [2.45, 2.75) is 44.2 Å². The van der Waals surface area contributed by atoms with Crippen molar-refractivity contribution in [2.75, 3.05) is 33.4 Å². The SMILES string of the molecule is COCCCn1c(C2CCCN(C(=O)CC(N)CNC(=O)c3ccc(Oc4ccccc4)cc3)C2)nc2ccccc21. The number of hydrogen-bond acceptors (Lipinski definition) is 6. The summed E-state index contributed by atoms with van der Waals surface area (Å²) in [4.78, 5) is 32.8. The molecule has 1 aliphatic heterocycles. The minimum atomic E-state index is -0.485. The van der Waals surface area contributed by atoms with Crippen molar-refractivity contribution in [3.8, 4) is 11.5 Å². The number of piperidine rings is 1. The lowest BCUT2D eigenvalue weighted by atomic mass is 9.96. The predicted octanol–water partition coefficient (Wildman–Crippen LogP) is 4.72. The summed E-state index contributed by atoms with van der Waals surface area (Å²) in [6.07, 6.45) is 2.95. The number of carbonyl (C=O) groups is 2. The number of hydrogen-bond donors (Lipinski definition) is 2. The average molecular weight is 570 g/mol. The molecule has 9 nitrogen and oxygen atoms in total. The molecule has 42 heavy (non-hydrogen) atoms. The first-order chi connectivity index (χ1) is 20.5. The van der Waals surface area contributed by atoms with Crippen LogP contribution in [0.25, 0.3) is 11.0 Å². The van der Waals surface area contributed by atoms with E-state index < -0.39 is 6.04 Å². The van der Waals surface area contributed by atoms with Crippen molar-refractivity contribution in [1.82, 2.24) is 19.8 Å². The number of likely N-dealkylation sites (tertiary alicyclic amines) is 1. The number of aryl methyl sites for hydroxylation is 1. The Morgan fingerprint density at radius 3 is 2.55 bits per heavy atom. The first kappa shape index (κ1) is 29.3. The molecule has 220 valence electrons. The molecule has 2 atom stereocenters. The van der Waals surface area contributed by atoms with Gasteiger partial charge in [-0.25, -0.2) is 4.98 Å². The van der Waals surface area contributed by atoms with Gasteiger partial charge in [0.25, 0.3) is 5.91 Å². The van der Waals surface area contributed by atoms with E-state index in [0.29, 0.717) is 31.0 Å². The zero-order valence-corrected chi connectivity index (χ0v) is 24.1. The highest BCUT2D eigenvalue weighted by Gasteiger charge is 2.29. The van der Waals surface area contributed by atoms with Crippen LogP contribution in [0.4, 0.5) is 0 Å². The number of amides is 2. The van der Waals surface area contributed by atoms with Crippen LogP contribution in [0.1, 0.15) is 47.8 Å². The lowest BCUT2D eigenvalue weighted by molar-refractivity contribution is -0.132. The van der Waals surface area contributed by atoms with Gasteiger partial charge in [-0.1, -0.05) is 30.3 Å². The van der Waals surface area contributed by atoms with Crippen LogP contribution in [0.3, 0.4) is 0 Å². The predicted molar refractivity (Wildman–Crippen MR) is 163 cm³/mol. The number of imidazole rings is 1. The largest absolute Gasteiger partial charge is 0.457 e. The van der Waals surface area contributed by atoms with Crippen LogP contribution in [0.15, 0.2) is 78.9 Å². The number of methoxy groups -OCH3 is 1. The number of nitrogens with two attached hydrogens (primary N) is 1. The number of ether oxygens (including phenoxy) is 2. The molecule has 0 bridgehead atoms. The van der Waals surface area contributed by atoms with Gasteiger partial charge in [-0.3, -0.25) is 9.59 Å². The molecule has 1 fully saturated rings. The highest BCUT2D eigenvalue weighted by atomic mass is 16.5. The van der Waals surface area contributed by atoms with Crippen molar-refractivity contribution in [2.24, 2.45) is 5.73 Å². The fourth-order valence-electron chi connectivity index (χ4n) is 5.47. The van der Waals surface area contributed by atoms with E-state index in [1.54, 1.807) is 31.4 Å². The Kier molecular flexibility index (Phi) is 9.84. The van der Waals surface area contributed by atoms with Crippen molar-refractivity contribution in [3.05, 3.63) is 90.3 Å². The van der Waals surface area contributed by atoms with Crippen LogP contribution < -0.4 is 15.8 Å². The van der Waals surface area contributed by atoms with Crippen LogP contribution >= 0.6 is 0 Å². The van der Waals surface area contributed by atoms with Crippen LogP contribution in [0.5, 0.6) is 11.5 Å². The van der Waals surface area contributed by atoms with Gasteiger partial charge in [-0.15, -0.1) is 0 Å². The van der Waals surface area contributed by atoms with E-state index in [0.717, 1.165) is 48.4 Å². The third-order valence-electron chi connectivity index (χ3n) is 7.61. The summed E-state index contributed by atoms with van der Waals surface area (Å²) in [5, 5.41) is 2.86. The van der Waals surface area contributed by atoms with Gasteiger partial charge < -0.3 is 30.0 Å². The third-order valence-corrected chi connectivity index (χ3v) is 7.61. The molecule has 0 aliphatic carbocycles. The second kappa shape index (κ2) is 14.1. The van der Waals surface area contributed by atoms with E-state index in [1.165, 1.54) is 0 Å². The Balaban J connectivity index is 1.13. The van der Waals surface area contributed by atoms with E-state index in [4.69, 9.17) is 20.2 Å². The normalized spacial score (nSPS) is 15.9. The van der Waals surface area contributed by atoms with Crippen molar-refractivity contribution in [1.29, 1.82) is 0 Å². The summed E-state index contributed by atoms with van der Waals surface area (Å²) in [7, 11) is 1.72. The molecule has 5 rings (SSSR count). The van der Waals surface area contributed by atoms with Gasteiger partial charge in [-0.2, -0.15) is 0 Å². The number of fused-ring (bicyclic) bond motifs is 1. The first-order valence-electron chi connectivity index (χ1n) is 14.6. The van der Waals surface area contributed by atoms with Gasteiger partial charge in [0.05, 0.1) is 11.0 Å². The topological polar surface area (TPSA) is 112 Å². The molecule has 0 spiro atoms. The molecule has 2 amide bonds. The highest BCUT2D eigenvalue weighted by Crippen LogP contribution is 2.30. The molecule has 3 N–H and O–H groups in total. The summed E-state index contributed by atoms with van der Waals surface area (Å²) in [5.74, 6) is 2.32. The van der Waals surface area contributed by atoms with Crippen LogP contribution in [-0.2, 0) is 16.1 Å². The smallest absolute Gasteiger partial charge is 0.251 e. The fraction of sp³-hybridized carbons (Fsp3) is 0.364. The number of aromatic nitrogens is 2. The monoisotopic (exact) mass is 569 g/mol. The highest BCUT2D eigenvalue weighted by molar-refractivity contribution is 5.94. The minimum absolute atomic E-state index is 0.00547. The maximum Gasteiger partial charge on any atom is 0.251 e. The van der Waals surface area contributed by atoms with Gasteiger partial charge in [0.15, 0.2) is 0 Å². The number of para-hydroxylation sites is 3. The van der Waals surface area contributed by atoms with E-state index in [9.17, 15) is 9.59 Å². The van der Waals surface area contributed by atoms with Crippen LogP contribution in [0.2, 0.25) is 0 Å². The van der Waals surface area contributed by atoms with Gasteiger partial charge in [0.1, 0.15) is 17.3 Å². The Bertz CT molecular complexity index is 1470. The van der Waals surface area contributed by atoms with Crippen LogP contribution in [-0.4, -0.2) is 65.7 Å². The Morgan fingerprint density at radius 2 is 1.76 bits per heavy atom. The van der Waals surface area contributed by atoms with Gasteiger partial charge >= 0.3 is 0 Å². The zero-order chi connectivity index (χ0) is 29.3. The number of nitrogens with one attached hydrogen (secondary N) is 1. The number of nitrogens with zero attached hydrogens (tertiary/aromatic N) is 3. The first-order valence-corrected chi connectivity index (χ1v) is 14.6. The van der Waals surface area contributed by atoms with Gasteiger partial charge in [0, 0.05) is 63.8 Å². The van der Waals surface area contributed by atoms with Crippen molar-refractivity contribution >= 4 is 22.8 Å². The quantitative estimate of drug-likeness (QED) is 0.239. The molecule has 2 heterocycles. The molecule has 1 aromatic heterocycles. The molecular formula is C33H39N5O4. The van der Waals surface area contributed by atoms with Gasteiger partial charge in [-0.05, 0) is 67.8 Å². The molecular weight excluding hydrogens is 530 g/mol. The standard InChI is InChI=1S/C33H39N5O4/c1-41-20-8-19-38-30-13-6-5-12-29(30)36-32(38)25-9-7-18-37(23-25)31(39)21-26(34)22-35-33(40)24-14-16-28(17-15-24)42-27-10-3-2-4-11-27/h2-6,10-17,25-26H,7-9,18-23,34H2,1H3,(H,35,40). The number of benzene rings is 3. The second-order valence-electron chi connectivity index (χ2n) is 10.7. The molecule has 2 unspecified atom stereocenters. The van der Waals surface area contributed by atoms with E-state index in [2.05, 4.69) is 16.0 Å². The summed E-state index contributed by atoms with van der Waals surface area (Å²) >= 11 is 0. The molecule has 1 aliphatic rings. The van der Waals surface area contributed by atoms with Gasteiger partial charge in [0.2, 0.25) is 5.91 Å². The Hall–Kier alpha value is -4.21. The van der Waals surface area contributed by atoms with Crippen molar-refractivity contribution < 1.29 is 19.1 Å². The molecule has 0 saturated carbocycles. The summed E-state index contributed by atoms with van der Waals surface area (Å²) in [6, 6.07) is 24.1. The average Bonchev–Trinajstić information content (AvgIpc) is 3.39. The lowest BCUT2D eigenvalue weighted by Gasteiger charge is -2.33. The molecule has 3 aromatic carbocycles. The van der Waals surface area contributed by atoms with E-state index >= 15 is 0 Å². The van der Waals surface area contributed by atoms with Crippen LogP contribution in [0, 0.1) is 0 Å². The molecule has 1 saturated heterocycles. The molecule has 9 heteroatoms. The minimum Gasteiger partial charge on any atom is -0.457 e. The maximum atomic E-state index is 13.2. The Labute approximate surface area is 246 Å².